The number of halogens is 1. The fourth-order valence-electron chi connectivity index (χ4n) is 4.69. The van der Waals surface area contributed by atoms with E-state index in [0.29, 0.717) is 25.9 Å². The van der Waals surface area contributed by atoms with E-state index in [1.807, 2.05) is 42.8 Å². The van der Waals surface area contributed by atoms with Crippen LogP contribution < -0.4 is 15.1 Å². The summed E-state index contributed by atoms with van der Waals surface area (Å²) >= 11 is 6.12. The van der Waals surface area contributed by atoms with E-state index in [1.54, 1.807) is 4.90 Å². The van der Waals surface area contributed by atoms with Crippen LogP contribution in [0.3, 0.4) is 0 Å². The van der Waals surface area contributed by atoms with Crippen molar-refractivity contribution < 1.29 is 9.59 Å². The fourth-order valence-corrected chi connectivity index (χ4v) is 4.88. The van der Waals surface area contributed by atoms with Crippen molar-refractivity contribution in [3.63, 3.8) is 0 Å². The zero-order chi connectivity index (χ0) is 23.4. The second-order valence-electron chi connectivity index (χ2n) is 8.76. The minimum atomic E-state index is -0.506. The van der Waals surface area contributed by atoms with Crippen molar-refractivity contribution in [3.05, 3.63) is 41.0 Å². The van der Waals surface area contributed by atoms with Gasteiger partial charge in [0, 0.05) is 55.9 Å². The lowest BCUT2D eigenvalue weighted by atomic mass is 10.1. The van der Waals surface area contributed by atoms with E-state index in [0.717, 1.165) is 55.7 Å². The van der Waals surface area contributed by atoms with Gasteiger partial charge in [0.2, 0.25) is 11.8 Å². The second kappa shape index (κ2) is 10.6. The molecule has 1 fully saturated rings. The number of rotatable bonds is 8. The first kappa shape index (κ1) is 23.6. The van der Waals surface area contributed by atoms with Crippen molar-refractivity contribution in [3.8, 4) is 0 Å². The molecule has 178 valence electrons. The van der Waals surface area contributed by atoms with E-state index in [4.69, 9.17) is 11.6 Å². The van der Waals surface area contributed by atoms with Crippen molar-refractivity contribution in [2.24, 2.45) is 0 Å². The standard InChI is InChI=1S/C24H33ClN6O2/c1-3-21(31-22-16-18(2)27-30(22)11-8-23(31)32)24(33)26-9-5-10-28-12-14-29(15-13-28)20-7-4-6-19(25)17-20/h4,6-7,16-17,21H,3,5,8-15H2,1-2H3,(H,26,33). The van der Waals surface area contributed by atoms with Crippen molar-refractivity contribution >= 4 is 34.9 Å². The average molecular weight is 473 g/mol. The summed E-state index contributed by atoms with van der Waals surface area (Å²) in [6, 6.07) is 9.38. The first-order valence-electron chi connectivity index (χ1n) is 11.8. The molecule has 1 aromatic heterocycles. The Labute approximate surface area is 200 Å². The molecule has 2 aliphatic heterocycles. The first-order valence-corrected chi connectivity index (χ1v) is 12.2. The van der Waals surface area contributed by atoms with Gasteiger partial charge in [-0.1, -0.05) is 24.6 Å². The Kier molecular flexibility index (Phi) is 7.55. The number of amides is 2. The lowest BCUT2D eigenvalue weighted by Gasteiger charge is -2.36. The minimum Gasteiger partial charge on any atom is -0.369 e. The minimum absolute atomic E-state index is 0.0121. The average Bonchev–Trinajstić information content (AvgIpc) is 3.19. The summed E-state index contributed by atoms with van der Waals surface area (Å²) < 4.78 is 1.83. The van der Waals surface area contributed by atoms with Crippen LogP contribution >= 0.6 is 11.6 Å². The number of carbonyl (C=O) groups excluding carboxylic acids is 2. The second-order valence-corrected chi connectivity index (χ2v) is 9.19. The molecule has 2 aliphatic rings. The number of aryl methyl sites for hydroxylation is 2. The molecule has 0 spiro atoms. The predicted octanol–water partition coefficient (Wildman–Crippen LogP) is 2.69. The van der Waals surface area contributed by atoms with Gasteiger partial charge in [0.1, 0.15) is 11.9 Å². The summed E-state index contributed by atoms with van der Waals surface area (Å²) in [6.45, 7) is 9.88. The van der Waals surface area contributed by atoms with Crippen molar-refractivity contribution in [1.29, 1.82) is 0 Å². The Hall–Kier alpha value is -2.58. The molecule has 1 atom stereocenters. The number of nitrogens with zero attached hydrogens (tertiary/aromatic N) is 5. The topological polar surface area (TPSA) is 73.7 Å². The van der Waals surface area contributed by atoms with Crippen LogP contribution in [0.1, 0.15) is 31.9 Å². The number of hydrogen-bond acceptors (Lipinski definition) is 5. The lowest BCUT2D eigenvalue weighted by Crippen LogP contribution is -2.52. The molecule has 33 heavy (non-hydrogen) atoms. The SMILES string of the molecule is CCC(C(=O)NCCCN1CCN(c2cccc(Cl)c2)CC1)N1C(=O)CCn2nc(C)cc21. The van der Waals surface area contributed by atoms with Crippen LogP contribution in [0.4, 0.5) is 11.5 Å². The van der Waals surface area contributed by atoms with Gasteiger partial charge >= 0.3 is 0 Å². The number of hydrogen-bond donors (Lipinski definition) is 1. The smallest absolute Gasteiger partial charge is 0.243 e. The number of anilines is 2. The van der Waals surface area contributed by atoms with Gasteiger partial charge in [-0.2, -0.15) is 5.10 Å². The van der Waals surface area contributed by atoms with Crippen molar-refractivity contribution in [1.82, 2.24) is 20.0 Å². The summed E-state index contributed by atoms with van der Waals surface area (Å²) in [5, 5.41) is 8.26. The number of benzene rings is 1. The van der Waals surface area contributed by atoms with Crippen LogP contribution in [0.5, 0.6) is 0 Å². The Balaban J connectivity index is 1.23. The fraction of sp³-hybridized carbons (Fsp3) is 0.542. The molecule has 1 saturated heterocycles. The molecule has 2 amide bonds. The molecule has 8 nitrogen and oxygen atoms in total. The molecular formula is C24H33ClN6O2. The van der Waals surface area contributed by atoms with Gasteiger partial charge in [0.05, 0.1) is 12.2 Å². The monoisotopic (exact) mass is 472 g/mol. The Morgan fingerprint density at radius 3 is 2.70 bits per heavy atom. The Morgan fingerprint density at radius 2 is 1.97 bits per heavy atom. The molecule has 0 radical (unpaired) electrons. The van der Waals surface area contributed by atoms with Crippen LogP contribution in [-0.4, -0.2) is 71.8 Å². The summed E-state index contributed by atoms with van der Waals surface area (Å²) in [6.07, 6.45) is 1.82. The van der Waals surface area contributed by atoms with Gasteiger partial charge in [0.15, 0.2) is 0 Å². The summed E-state index contributed by atoms with van der Waals surface area (Å²) in [5.41, 5.74) is 2.03. The maximum absolute atomic E-state index is 12.9. The third kappa shape index (κ3) is 5.50. The van der Waals surface area contributed by atoms with E-state index in [2.05, 4.69) is 26.3 Å². The molecule has 2 aromatic rings. The summed E-state index contributed by atoms with van der Waals surface area (Å²) in [4.78, 5) is 32.0. The number of carbonyl (C=O) groups is 2. The summed E-state index contributed by atoms with van der Waals surface area (Å²) in [7, 11) is 0. The van der Waals surface area contributed by atoms with E-state index >= 15 is 0 Å². The molecule has 3 heterocycles. The number of fused-ring (bicyclic) bond motifs is 1. The van der Waals surface area contributed by atoms with E-state index < -0.39 is 6.04 Å². The van der Waals surface area contributed by atoms with Crippen LogP contribution in [0.25, 0.3) is 0 Å². The highest BCUT2D eigenvalue weighted by molar-refractivity contribution is 6.30. The van der Waals surface area contributed by atoms with E-state index in [9.17, 15) is 9.59 Å². The third-order valence-electron chi connectivity index (χ3n) is 6.43. The maximum atomic E-state index is 12.9. The highest BCUT2D eigenvalue weighted by Crippen LogP contribution is 2.26. The van der Waals surface area contributed by atoms with Crippen LogP contribution in [-0.2, 0) is 16.1 Å². The molecular weight excluding hydrogens is 440 g/mol. The quantitative estimate of drug-likeness (QED) is 0.598. The first-order chi connectivity index (χ1) is 16.0. The number of piperazine rings is 1. The normalized spacial score (nSPS) is 17.7. The Morgan fingerprint density at radius 1 is 1.18 bits per heavy atom. The molecule has 1 unspecified atom stereocenters. The molecule has 9 heteroatoms. The third-order valence-corrected chi connectivity index (χ3v) is 6.67. The van der Waals surface area contributed by atoms with Gasteiger partial charge in [-0.3, -0.25) is 19.4 Å². The van der Waals surface area contributed by atoms with Gasteiger partial charge in [-0.25, -0.2) is 4.68 Å². The molecule has 1 N–H and O–H groups in total. The van der Waals surface area contributed by atoms with Crippen LogP contribution in [0.2, 0.25) is 5.02 Å². The molecule has 0 saturated carbocycles. The van der Waals surface area contributed by atoms with Crippen LogP contribution in [0, 0.1) is 6.92 Å². The highest BCUT2D eigenvalue weighted by Gasteiger charge is 2.34. The van der Waals surface area contributed by atoms with Gasteiger partial charge in [-0.05, 0) is 44.5 Å². The largest absolute Gasteiger partial charge is 0.369 e. The predicted molar refractivity (Wildman–Crippen MR) is 131 cm³/mol. The Bertz CT molecular complexity index is 985. The van der Waals surface area contributed by atoms with Crippen molar-refractivity contribution in [2.45, 2.75) is 45.7 Å². The van der Waals surface area contributed by atoms with Gasteiger partial charge in [-0.15, -0.1) is 0 Å². The zero-order valence-corrected chi connectivity index (χ0v) is 20.2. The molecule has 0 aliphatic carbocycles. The van der Waals surface area contributed by atoms with Crippen LogP contribution in [0.15, 0.2) is 30.3 Å². The molecule has 4 rings (SSSR count). The number of nitrogens with one attached hydrogen (secondary N) is 1. The maximum Gasteiger partial charge on any atom is 0.243 e. The van der Waals surface area contributed by atoms with Gasteiger partial charge in [0.25, 0.3) is 0 Å². The summed E-state index contributed by atoms with van der Waals surface area (Å²) in [5.74, 6) is 0.620. The van der Waals surface area contributed by atoms with E-state index in [-0.39, 0.29) is 11.8 Å². The highest BCUT2D eigenvalue weighted by atomic mass is 35.5. The van der Waals surface area contributed by atoms with Gasteiger partial charge < -0.3 is 10.2 Å². The van der Waals surface area contributed by atoms with Crippen molar-refractivity contribution in [2.75, 3.05) is 49.1 Å². The zero-order valence-electron chi connectivity index (χ0n) is 19.5. The molecule has 1 aromatic carbocycles. The van der Waals surface area contributed by atoms with E-state index in [1.165, 1.54) is 5.69 Å². The molecule has 0 bridgehead atoms. The lowest BCUT2D eigenvalue weighted by molar-refractivity contribution is -0.127. The number of aromatic nitrogens is 2.